The second kappa shape index (κ2) is 4.90. The van der Waals surface area contributed by atoms with E-state index >= 15 is 0 Å². The first-order valence-electron chi connectivity index (χ1n) is 5.58. The van der Waals surface area contributed by atoms with Crippen molar-refractivity contribution in [2.45, 2.75) is 38.0 Å². The van der Waals surface area contributed by atoms with Crippen molar-refractivity contribution in [2.24, 2.45) is 4.99 Å². The van der Waals surface area contributed by atoms with Gasteiger partial charge in [0.25, 0.3) is 0 Å². The van der Waals surface area contributed by atoms with E-state index in [4.69, 9.17) is 0 Å². The Kier molecular flexibility index (Phi) is 3.31. The van der Waals surface area contributed by atoms with E-state index in [1.54, 1.807) is 6.08 Å². The number of rotatable bonds is 2. The van der Waals surface area contributed by atoms with Crippen LogP contribution in [0.3, 0.4) is 0 Å². The highest BCUT2D eigenvalue weighted by Gasteiger charge is 2.17. The summed E-state index contributed by atoms with van der Waals surface area (Å²) >= 11 is 0. The average molecular weight is 201 g/mol. The standard InChI is InChI=1S/C13H15NO/c15-10-14-13-9-5-4-8-12(13)11-6-2-1-3-7-11/h4-5,8-9,11H,1-3,6-7H2. The number of hydrogen-bond acceptors (Lipinski definition) is 2. The van der Waals surface area contributed by atoms with Crippen molar-refractivity contribution in [2.75, 3.05) is 0 Å². The predicted octanol–water partition coefficient (Wildman–Crippen LogP) is 3.70. The molecule has 1 aliphatic carbocycles. The molecule has 2 nitrogen and oxygen atoms in total. The van der Waals surface area contributed by atoms with E-state index in [1.165, 1.54) is 37.7 Å². The number of nitrogens with zero attached hydrogens (tertiary/aromatic N) is 1. The Morgan fingerprint density at radius 3 is 2.60 bits per heavy atom. The van der Waals surface area contributed by atoms with Gasteiger partial charge in [0.2, 0.25) is 6.08 Å². The van der Waals surface area contributed by atoms with Gasteiger partial charge in [-0.15, -0.1) is 0 Å². The van der Waals surface area contributed by atoms with Gasteiger partial charge in [-0.05, 0) is 30.4 Å². The summed E-state index contributed by atoms with van der Waals surface area (Å²) in [6, 6.07) is 7.93. The quantitative estimate of drug-likeness (QED) is 0.530. The van der Waals surface area contributed by atoms with Crippen LogP contribution in [0.1, 0.15) is 43.6 Å². The molecule has 1 aliphatic rings. The third kappa shape index (κ3) is 2.34. The second-order valence-electron chi connectivity index (χ2n) is 4.10. The summed E-state index contributed by atoms with van der Waals surface area (Å²) in [5.74, 6) is 0.590. The van der Waals surface area contributed by atoms with Gasteiger partial charge in [-0.3, -0.25) is 0 Å². The number of benzene rings is 1. The maximum atomic E-state index is 10.3. The second-order valence-corrected chi connectivity index (χ2v) is 4.10. The Balaban J connectivity index is 2.28. The summed E-state index contributed by atoms with van der Waals surface area (Å²) in [6.45, 7) is 0. The first kappa shape index (κ1) is 10.1. The first-order chi connectivity index (χ1) is 7.42. The Morgan fingerprint density at radius 2 is 1.87 bits per heavy atom. The molecule has 0 aliphatic heterocycles. The Morgan fingerprint density at radius 1 is 1.13 bits per heavy atom. The van der Waals surface area contributed by atoms with Crippen LogP contribution < -0.4 is 0 Å². The number of aliphatic imine (C=N–C) groups is 1. The molecule has 2 rings (SSSR count). The van der Waals surface area contributed by atoms with Gasteiger partial charge < -0.3 is 0 Å². The molecule has 2 heteroatoms. The van der Waals surface area contributed by atoms with Gasteiger partial charge in [0.05, 0.1) is 5.69 Å². The number of isocyanates is 1. The molecule has 1 saturated carbocycles. The molecule has 1 aromatic rings. The van der Waals surface area contributed by atoms with Gasteiger partial charge in [0.1, 0.15) is 0 Å². The van der Waals surface area contributed by atoms with Crippen LogP contribution in [0, 0.1) is 0 Å². The fourth-order valence-electron chi connectivity index (χ4n) is 2.40. The summed E-state index contributed by atoms with van der Waals surface area (Å²) in [5.41, 5.74) is 2.03. The number of para-hydroxylation sites is 1. The van der Waals surface area contributed by atoms with Gasteiger partial charge in [0, 0.05) is 0 Å². The van der Waals surface area contributed by atoms with Gasteiger partial charge in [-0.1, -0.05) is 37.5 Å². The zero-order valence-electron chi connectivity index (χ0n) is 8.78. The lowest BCUT2D eigenvalue weighted by atomic mass is 9.83. The predicted molar refractivity (Wildman–Crippen MR) is 60.0 cm³/mol. The highest BCUT2D eigenvalue weighted by molar-refractivity contribution is 5.54. The lowest BCUT2D eigenvalue weighted by Crippen LogP contribution is -2.04. The Hall–Kier alpha value is -1.40. The molecule has 0 N–H and O–H groups in total. The van der Waals surface area contributed by atoms with Crippen LogP contribution >= 0.6 is 0 Å². The van der Waals surface area contributed by atoms with Crippen LogP contribution in [0.5, 0.6) is 0 Å². The minimum absolute atomic E-state index is 0.590. The largest absolute Gasteiger partial charge is 0.240 e. The van der Waals surface area contributed by atoms with Crippen molar-refractivity contribution in [3.63, 3.8) is 0 Å². The molecule has 0 radical (unpaired) electrons. The van der Waals surface area contributed by atoms with Gasteiger partial charge in [-0.25, -0.2) is 4.79 Å². The zero-order valence-corrected chi connectivity index (χ0v) is 8.78. The molecule has 0 aromatic heterocycles. The molecule has 15 heavy (non-hydrogen) atoms. The van der Waals surface area contributed by atoms with Crippen LogP contribution in [0.4, 0.5) is 5.69 Å². The summed E-state index contributed by atoms with van der Waals surface area (Å²) < 4.78 is 0. The van der Waals surface area contributed by atoms with E-state index < -0.39 is 0 Å². The van der Waals surface area contributed by atoms with Crippen molar-refractivity contribution in [3.8, 4) is 0 Å². The van der Waals surface area contributed by atoms with Gasteiger partial charge >= 0.3 is 0 Å². The monoisotopic (exact) mass is 201 g/mol. The molecule has 0 bridgehead atoms. The molecule has 1 aromatic carbocycles. The van der Waals surface area contributed by atoms with E-state index in [1.807, 2.05) is 18.2 Å². The Bertz CT molecular complexity index is 374. The third-order valence-corrected chi connectivity index (χ3v) is 3.15. The highest BCUT2D eigenvalue weighted by Crippen LogP contribution is 2.37. The molecule has 0 spiro atoms. The summed E-state index contributed by atoms with van der Waals surface area (Å²) in [5, 5.41) is 0. The molecular formula is C13H15NO. The molecule has 0 heterocycles. The molecule has 0 atom stereocenters. The molecule has 0 amide bonds. The third-order valence-electron chi connectivity index (χ3n) is 3.15. The van der Waals surface area contributed by atoms with Crippen molar-refractivity contribution >= 4 is 11.8 Å². The minimum Gasteiger partial charge on any atom is -0.211 e. The van der Waals surface area contributed by atoms with E-state index in [0.717, 1.165) is 5.69 Å². The normalized spacial score (nSPS) is 17.1. The van der Waals surface area contributed by atoms with Crippen LogP contribution in [-0.2, 0) is 4.79 Å². The SMILES string of the molecule is O=C=Nc1ccccc1C1CCCCC1. The highest BCUT2D eigenvalue weighted by atomic mass is 16.1. The molecule has 0 saturated heterocycles. The molecule has 0 unspecified atom stereocenters. The van der Waals surface area contributed by atoms with E-state index in [2.05, 4.69) is 11.1 Å². The molecular weight excluding hydrogens is 186 g/mol. The van der Waals surface area contributed by atoms with E-state index in [9.17, 15) is 4.79 Å². The van der Waals surface area contributed by atoms with Crippen LogP contribution in [0.25, 0.3) is 0 Å². The number of carbonyl (C=O) groups excluding carboxylic acids is 1. The fourth-order valence-corrected chi connectivity index (χ4v) is 2.40. The van der Waals surface area contributed by atoms with E-state index in [-0.39, 0.29) is 0 Å². The van der Waals surface area contributed by atoms with E-state index in [0.29, 0.717) is 5.92 Å². The maximum Gasteiger partial charge on any atom is 0.240 e. The Labute approximate surface area is 90.0 Å². The summed E-state index contributed by atoms with van der Waals surface area (Å²) in [4.78, 5) is 14.1. The van der Waals surface area contributed by atoms with Crippen molar-refractivity contribution < 1.29 is 4.79 Å². The fraction of sp³-hybridized carbons (Fsp3) is 0.462. The lowest BCUT2D eigenvalue weighted by Gasteiger charge is -2.22. The lowest BCUT2D eigenvalue weighted by molar-refractivity contribution is 0.444. The zero-order chi connectivity index (χ0) is 10.5. The first-order valence-corrected chi connectivity index (χ1v) is 5.58. The van der Waals surface area contributed by atoms with Crippen molar-refractivity contribution in [3.05, 3.63) is 29.8 Å². The van der Waals surface area contributed by atoms with Crippen LogP contribution in [0.15, 0.2) is 29.3 Å². The maximum absolute atomic E-state index is 10.3. The summed E-state index contributed by atoms with van der Waals surface area (Å²) in [6.07, 6.45) is 8.03. The summed E-state index contributed by atoms with van der Waals surface area (Å²) in [7, 11) is 0. The average Bonchev–Trinajstić information content (AvgIpc) is 2.31. The molecule has 1 fully saturated rings. The van der Waals surface area contributed by atoms with Crippen molar-refractivity contribution in [1.82, 2.24) is 0 Å². The van der Waals surface area contributed by atoms with Crippen LogP contribution in [0.2, 0.25) is 0 Å². The minimum atomic E-state index is 0.590. The smallest absolute Gasteiger partial charge is 0.211 e. The van der Waals surface area contributed by atoms with Crippen LogP contribution in [-0.4, -0.2) is 6.08 Å². The molecule has 78 valence electrons. The van der Waals surface area contributed by atoms with Crippen molar-refractivity contribution in [1.29, 1.82) is 0 Å². The topological polar surface area (TPSA) is 29.4 Å². The van der Waals surface area contributed by atoms with Gasteiger partial charge in [-0.2, -0.15) is 4.99 Å². The van der Waals surface area contributed by atoms with Gasteiger partial charge in [0.15, 0.2) is 0 Å². The number of hydrogen-bond donors (Lipinski definition) is 0.